The lowest BCUT2D eigenvalue weighted by molar-refractivity contribution is 0.412. The molecule has 1 heterocycles. The minimum absolute atomic E-state index is 0.112. The van der Waals surface area contributed by atoms with Crippen LogP contribution in [0.25, 0.3) is 11.3 Å². The summed E-state index contributed by atoms with van der Waals surface area (Å²) in [4.78, 5) is 8.79. The molecule has 0 bridgehead atoms. The van der Waals surface area contributed by atoms with E-state index in [-0.39, 0.29) is 5.75 Å². The number of ether oxygens (including phenoxy) is 1. The molecule has 0 radical (unpaired) electrons. The second-order valence-electron chi connectivity index (χ2n) is 5.38. The summed E-state index contributed by atoms with van der Waals surface area (Å²) < 4.78 is 5.14. The number of nitrogens with one attached hydrogen (secondary N) is 1. The average molecular weight is 334 g/mol. The van der Waals surface area contributed by atoms with Crippen molar-refractivity contribution >= 4 is 12.2 Å². The number of hydrogen-bond donors (Lipinski definition) is 2. The molecular formula is C19H18N4O2. The molecule has 0 fully saturated rings. The van der Waals surface area contributed by atoms with Crippen molar-refractivity contribution in [1.82, 2.24) is 9.97 Å². The Morgan fingerprint density at radius 2 is 1.88 bits per heavy atom. The maximum atomic E-state index is 9.86. The third-order valence-electron chi connectivity index (χ3n) is 3.53. The van der Waals surface area contributed by atoms with Gasteiger partial charge in [-0.15, -0.1) is 0 Å². The summed E-state index contributed by atoms with van der Waals surface area (Å²) in [5, 5.41) is 14.0. The van der Waals surface area contributed by atoms with Crippen LogP contribution in [0, 0.1) is 6.92 Å². The van der Waals surface area contributed by atoms with Crippen molar-refractivity contribution in [3.8, 4) is 22.8 Å². The molecule has 0 amide bonds. The number of anilines is 1. The molecule has 2 aromatic carbocycles. The molecular weight excluding hydrogens is 316 g/mol. The second-order valence-corrected chi connectivity index (χ2v) is 5.38. The number of aromatic nitrogens is 2. The maximum absolute atomic E-state index is 9.86. The van der Waals surface area contributed by atoms with Crippen molar-refractivity contribution in [3.63, 3.8) is 0 Å². The van der Waals surface area contributed by atoms with Gasteiger partial charge in [-0.25, -0.2) is 15.4 Å². The van der Waals surface area contributed by atoms with E-state index in [9.17, 15) is 5.11 Å². The lowest BCUT2D eigenvalue weighted by Gasteiger charge is -2.06. The molecule has 0 spiro atoms. The molecule has 6 heteroatoms. The number of aromatic hydroxyl groups is 1. The Kier molecular flexibility index (Phi) is 4.89. The third kappa shape index (κ3) is 4.11. The van der Waals surface area contributed by atoms with Gasteiger partial charge in [0.25, 0.3) is 0 Å². The first-order valence-electron chi connectivity index (χ1n) is 7.73. The fourth-order valence-corrected chi connectivity index (χ4v) is 2.30. The van der Waals surface area contributed by atoms with E-state index in [1.807, 2.05) is 43.3 Å². The van der Waals surface area contributed by atoms with Gasteiger partial charge in [0.15, 0.2) is 0 Å². The monoisotopic (exact) mass is 334 g/mol. The van der Waals surface area contributed by atoms with Crippen LogP contribution in [0.15, 0.2) is 59.7 Å². The van der Waals surface area contributed by atoms with Gasteiger partial charge in [-0.3, -0.25) is 0 Å². The van der Waals surface area contributed by atoms with E-state index in [0.717, 1.165) is 17.0 Å². The molecule has 6 nitrogen and oxygen atoms in total. The normalized spacial score (nSPS) is 10.8. The van der Waals surface area contributed by atoms with Gasteiger partial charge < -0.3 is 9.84 Å². The molecule has 0 unspecified atom stereocenters. The van der Waals surface area contributed by atoms with Crippen LogP contribution in [0.3, 0.4) is 0 Å². The van der Waals surface area contributed by atoms with Gasteiger partial charge in [0.05, 0.1) is 19.0 Å². The summed E-state index contributed by atoms with van der Waals surface area (Å²) in [6.07, 6.45) is 1.49. The van der Waals surface area contributed by atoms with E-state index < -0.39 is 0 Å². The number of phenolic OH excluding ortho intramolecular Hbond substituents is 1. The Morgan fingerprint density at radius 3 is 2.64 bits per heavy atom. The first-order valence-corrected chi connectivity index (χ1v) is 7.73. The van der Waals surface area contributed by atoms with Crippen molar-refractivity contribution in [1.29, 1.82) is 0 Å². The van der Waals surface area contributed by atoms with Crippen molar-refractivity contribution < 1.29 is 9.84 Å². The molecule has 0 saturated heterocycles. The Hall–Kier alpha value is -3.41. The van der Waals surface area contributed by atoms with Gasteiger partial charge in [-0.05, 0) is 31.2 Å². The van der Waals surface area contributed by atoms with Crippen LogP contribution >= 0.6 is 0 Å². The lowest BCUT2D eigenvalue weighted by atomic mass is 10.1. The molecule has 2 N–H and O–H groups in total. The van der Waals surface area contributed by atoms with E-state index in [2.05, 4.69) is 20.5 Å². The Labute approximate surface area is 145 Å². The first kappa shape index (κ1) is 16.4. The Balaban J connectivity index is 1.81. The van der Waals surface area contributed by atoms with E-state index in [0.29, 0.717) is 17.3 Å². The predicted molar refractivity (Wildman–Crippen MR) is 98.1 cm³/mol. The summed E-state index contributed by atoms with van der Waals surface area (Å²) in [6, 6.07) is 16.7. The van der Waals surface area contributed by atoms with Crippen LogP contribution in [-0.2, 0) is 0 Å². The number of methoxy groups -OCH3 is 1. The zero-order valence-electron chi connectivity index (χ0n) is 14.0. The Morgan fingerprint density at radius 1 is 1.08 bits per heavy atom. The zero-order valence-corrected chi connectivity index (χ0v) is 14.0. The SMILES string of the molecule is COc1ccc(O)c(/C=N\Nc2nc(C)cc(-c3ccccc3)n2)c1. The van der Waals surface area contributed by atoms with Crippen LogP contribution < -0.4 is 10.2 Å². The van der Waals surface area contributed by atoms with Crippen molar-refractivity contribution in [2.45, 2.75) is 6.92 Å². The Bertz CT molecular complexity index is 895. The standard InChI is InChI=1S/C19H18N4O2/c1-13-10-17(14-6-4-3-5-7-14)22-19(21-13)23-20-12-15-11-16(25-2)8-9-18(15)24/h3-12,24H,1-2H3,(H,21,22,23)/b20-12-. The highest BCUT2D eigenvalue weighted by Crippen LogP contribution is 2.21. The lowest BCUT2D eigenvalue weighted by Crippen LogP contribution is -2.00. The van der Waals surface area contributed by atoms with Crippen LogP contribution in [0.2, 0.25) is 0 Å². The number of aryl methyl sites for hydroxylation is 1. The number of hydrazone groups is 1. The molecule has 25 heavy (non-hydrogen) atoms. The highest BCUT2D eigenvalue weighted by atomic mass is 16.5. The van der Waals surface area contributed by atoms with Gasteiger partial charge >= 0.3 is 0 Å². The zero-order chi connectivity index (χ0) is 17.6. The first-order chi connectivity index (χ1) is 12.2. The highest BCUT2D eigenvalue weighted by molar-refractivity contribution is 5.84. The van der Waals surface area contributed by atoms with Crippen LogP contribution in [0.5, 0.6) is 11.5 Å². The van der Waals surface area contributed by atoms with Crippen molar-refractivity contribution in [2.75, 3.05) is 12.5 Å². The largest absolute Gasteiger partial charge is 0.507 e. The number of nitrogens with zero attached hydrogens (tertiary/aromatic N) is 3. The highest BCUT2D eigenvalue weighted by Gasteiger charge is 2.04. The van der Waals surface area contributed by atoms with Crippen LogP contribution in [-0.4, -0.2) is 28.4 Å². The summed E-state index contributed by atoms with van der Waals surface area (Å²) in [7, 11) is 1.57. The summed E-state index contributed by atoms with van der Waals surface area (Å²) in [5.74, 6) is 1.14. The van der Waals surface area contributed by atoms with Gasteiger partial charge in [-0.2, -0.15) is 5.10 Å². The molecule has 0 atom stereocenters. The molecule has 3 aromatic rings. The topological polar surface area (TPSA) is 79.6 Å². The molecule has 3 rings (SSSR count). The molecule has 0 saturated carbocycles. The van der Waals surface area contributed by atoms with E-state index in [1.54, 1.807) is 25.3 Å². The fourth-order valence-electron chi connectivity index (χ4n) is 2.30. The number of phenols is 1. The summed E-state index contributed by atoms with van der Waals surface area (Å²) >= 11 is 0. The van der Waals surface area contributed by atoms with Gasteiger partial charge in [0.1, 0.15) is 11.5 Å². The summed E-state index contributed by atoms with van der Waals surface area (Å²) in [5.41, 5.74) is 5.98. The second kappa shape index (κ2) is 7.44. The van der Waals surface area contributed by atoms with E-state index in [1.165, 1.54) is 6.21 Å². The van der Waals surface area contributed by atoms with Gasteiger partial charge in [0.2, 0.25) is 5.95 Å². The molecule has 1 aromatic heterocycles. The van der Waals surface area contributed by atoms with Gasteiger partial charge in [0, 0.05) is 16.8 Å². The molecule has 0 aliphatic rings. The number of benzene rings is 2. The third-order valence-corrected chi connectivity index (χ3v) is 3.53. The van der Waals surface area contributed by atoms with Crippen molar-refractivity contribution in [3.05, 3.63) is 65.9 Å². The van der Waals surface area contributed by atoms with Crippen LogP contribution in [0.4, 0.5) is 5.95 Å². The average Bonchev–Trinajstić information content (AvgIpc) is 2.63. The number of rotatable bonds is 5. The smallest absolute Gasteiger partial charge is 0.244 e. The number of hydrogen-bond acceptors (Lipinski definition) is 6. The predicted octanol–water partition coefficient (Wildman–Crippen LogP) is 3.61. The maximum Gasteiger partial charge on any atom is 0.244 e. The van der Waals surface area contributed by atoms with Gasteiger partial charge in [-0.1, -0.05) is 30.3 Å². The van der Waals surface area contributed by atoms with Crippen LogP contribution in [0.1, 0.15) is 11.3 Å². The minimum atomic E-state index is 0.112. The quantitative estimate of drug-likeness (QED) is 0.550. The van der Waals surface area contributed by atoms with Crippen molar-refractivity contribution in [2.24, 2.45) is 5.10 Å². The van der Waals surface area contributed by atoms with E-state index in [4.69, 9.17) is 4.74 Å². The molecule has 0 aliphatic heterocycles. The molecule has 126 valence electrons. The molecule has 0 aliphatic carbocycles. The van der Waals surface area contributed by atoms with E-state index >= 15 is 0 Å². The minimum Gasteiger partial charge on any atom is -0.507 e. The fraction of sp³-hybridized carbons (Fsp3) is 0.105. The summed E-state index contributed by atoms with van der Waals surface area (Å²) in [6.45, 7) is 1.90.